The number of carbonyl (C=O) groups excluding carboxylic acids is 1. The van der Waals surface area contributed by atoms with Crippen molar-refractivity contribution in [2.24, 2.45) is 0 Å². The average Bonchev–Trinajstić information content (AvgIpc) is 2.63. The van der Waals surface area contributed by atoms with Crippen molar-refractivity contribution in [3.63, 3.8) is 0 Å². The first-order valence-electron chi connectivity index (χ1n) is 8.05. The fourth-order valence-corrected chi connectivity index (χ4v) is 2.37. The first kappa shape index (κ1) is 18.7. The van der Waals surface area contributed by atoms with Crippen LogP contribution in [0.3, 0.4) is 0 Å². The summed E-state index contributed by atoms with van der Waals surface area (Å²) in [5.74, 6) is 0.991. The lowest BCUT2D eigenvalue weighted by atomic mass is 10.1. The summed E-state index contributed by atoms with van der Waals surface area (Å²) in [5, 5.41) is 5.92. The predicted molar refractivity (Wildman–Crippen MR) is 94.4 cm³/mol. The van der Waals surface area contributed by atoms with Gasteiger partial charge in [-0.15, -0.1) is 0 Å². The van der Waals surface area contributed by atoms with Gasteiger partial charge in [-0.3, -0.25) is 4.79 Å². The number of hydrogen-bond acceptors (Lipinski definition) is 4. The molecule has 2 aromatic carbocycles. The highest BCUT2D eigenvalue weighted by molar-refractivity contribution is 5.77. The fourth-order valence-electron chi connectivity index (χ4n) is 2.37. The Bertz CT molecular complexity index is 690. The van der Waals surface area contributed by atoms with Gasteiger partial charge in [-0.05, 0) is 41.8 Å². The van der Waals surface area contributed by atoms with Crippen LogP contribution < -0.4 is 20.1 Å². The second-order valence-electron chi connectivity index (χ2n) is 5.52. The monoisotopic (exact) mass is 346 g/mol. The predicted octanol–water partition coefficient (Wildman–Crippen LogP) is 2.29. The molecule has 0 aliphatic carbocycles. The molecule has 5 nitrogen and oxygen atoms in total. The van der Waals surface area contributed by atoms with Crippen LogP contribution in [-0.4, -0.2) is 33.2 Å². The molecule has 0 saturated heterocycles. The minimum absolute atomic E-state index is 0.0809. The van der Waals surface area contributed by atoms with Crippen LogP contribution in [0.2, 0.25) is 0 Å². The molecule has 0 heterocycles. The van der Waals surface area contributed by atoms with Crippen molar-refractivity contribution in [3.05, 3.63) is 59.4 Å². The maximum atomic E-state index is 12.8. The van der Waals surface area contributed by atoms with Crippen LogP contribution in [0.15, 0.2) is 42.5 Å². The van der Waals surface area contributed by atoms with Gasteiger partial charge >= 0.3 is 0 Å². The van der Waals surface area contributed by atoms with Crippen molar-refractivity contribution < 1.29 is 18.7 Å². The minimum Gasteiger partial charge on any atom is -0.493 e. The second-order valence-corrected chi connectivity index (χ2v) is 5.52. The van der Waals surface area contributed by atoms with Gasteiger partial charge in [-0.25, -0.2) is 4.39 Å². The number of methoxy groups -OCH3 is 2. The van der Waals surface area contributed by atoms with E-state index >= 15 is 0 Å². The van der Waals surface area contributed by atoms with E-state index in [1.54, 1.807) is 26.4 Å². The highest BCUT2D eigenvalue weighted by Gasteiger charge is 2.05. The molecule has 0 fully saturated rings. The van der Waals surface area contributed by atoms with E-state index in [2.05, 4.69) is 10.6 Å². The minimum atomic E-state index is -0.257. The van der Waals surface area contributed by atoms with Crippen molar-refractivity contribution in [2.75, 3.05) is 27.3 Å². The maximum Gasteiger partial charge on any atom is 0.233 e. The Hall–Kier alpha value is -2.60. The molecule has 1 amide bonds. The lowest BCUT2D eigenvalue weighted by Crippen LogP contribution is -2.34. The zero-order chi connectivity index (χ0) is 18.1. The van der Waals surface area contributed by atoms with E-state index in [0.29, 0.717) is 31.0 Å². The Morgan fingerprint density at radius 1 is 1.00 bits per heavy atom. The van der Waals surface area contributed by atoms with Crippen LogP contribution in [0, 0.1) is 5.82 Å². The molecule has 6 heteroatoms. The second kappa shape index (κ2) is 9.64. The first-order valence-corrected chi connectivity index (χ1v) is 8.05. The molecule has 134 valence electrons. The van der Waals surface area contributed by atoms with Gasteiger partial charge in [0, 0.05) is 13.1 Å². The third-order valence-electron chi connectivity index (χ3n) is 3.71. The number of nitrogens with one attached hydrogen (secondary N) is 2. The molecule has 0 radical (unpaired) electrons. The normalized spacial score (nSPS) is 10.4. The SMILES string of the molecule is COc1ccc(CNCC(=O)NCCc2ccc(F)cc2)cc1OC. The molecule has 0 spiro atoms. The average molecular weight is 346 g/mol. The molecular formula is C19H23FN2O3. The lowest BCUT2D eigenvalue weighted by molar-refractivity contribution is -0.120. The summed E-state index contributed by atoms with van der Waals surface area (Å²) in [6.07, 6.45) is 0.668. The van der Waals surface area contributed by atoms with Gasteiger partial charge in [0.2, 0.25) is 5.91 Å². The van der Waals surface area contributed by atoms with Gasteiger partial charge in [-0.2, -0.15) is 0 Å². The molecule has 0 aromatic heterocycles. The van der Waals surface area contributed by atoms with Gasteiger partial charge in [0.1, 0.15) is 5.82 Å². The summed E-state index contributed by atoms with van der Waals surface area (Å²) in [6.45, 7) is 1.28. The molecule has 0 bridgehead atoms. The quantitative estimate of drug-likeness (QED) is 0.731. The van der Waals surface area contributed by atoms with Gasteiger partial charge in [0.25, 0.3) is 0 Å². The highest BCUT2D eigenvalue weighted by atomic mass is 19.1. The Morgan fingerprint density at radius 2 is 1.68 bits per heavy atom. The molecule has 0 saturated carbocycles. The van der Waals surface area contributed by atoms with Crippen molar-refractivity contribution in [3.8, 4) is 11.5 Å². The molecule has 2 rings (SSSR count). The summed E-state index contributed by atoms with van der Waals surface area (Å²) in [6, 6.07) is 11.9. The number of halogens is 1. The van der Waals surface area contributed by atoms with Crippen molar-refractivity contribution in [1.82, 2.24) is 10.6 Å². The number of hydrogen-bond donors (Lipinski definition) is 2. The maximum absolute atomic E-state index is 12.8. The Kier molecular flexibility index (Phi) is 7.22. The van der Waals surface area contributed by atoms with Crippen LogP contribution in [0.25, 0.3) is 0 Å². The first-order chi connectivity index (χ1) is 12.1. The molecule has 2 N–H and O–H groups in total. The Balaban J connectivity index is 1.69. The topological polar surface area (TPSA) is 59.6 Å². The molecule has 0 atom stereocenters. The van der Waals surface area contributed by atoms with Crippen molar-refractivity contribution in [1.29, 1.82) is 0 Å². The number of benzene rings is 2. The van der Waals surface area contributed by atoms with E-state index in [4.69, 9.17) is 9.47 Å². The van der Waals surface area contributed by atoms with Crippen LogP contribution in [0.4, 0.5) is 4.39 Å². The molecule has 2 aromatic rings. The number of rotatable bonds is 9. The lowest BCUT2D eigenvalue weighted by Gasteiger charge is -2.10. The zero-order valence-electron chi connectivity index (χ0n) is 14.5. The number of amides is 1. The van der Waals surface area contributed by atoms with Crippen LogP contribution in [0.5, 0.6) is 11.5 Å². The highest BCUT2D eigenvalue weighted by Crippen LogP contribution is 2.27. The van der Waals surface area contributed by atoms with Crippen molar-refractivity contribution in [2.45, 2.75) is 13.0 Å². The smallest absolute Gasteiger partial charge is 0.233 e. The van der Waals surface area contributed by atoms with E-state index in [-0.39, 0.29) is 18.3 Å². The molecule has 0 aliphatic heterocycles. The van der Waals surface area contributed by atoms with E-state index < -0.39 is 0 Å². The molecule has 0 unspecified atom stereocenters. The fraction of sp³-hybridized carbons (Fsp3) is 0.316. The van der Waals surface area contributed by atoms with E-state index in [1.807, 2.05) is 18.2 Å². The van der Waals surface area contributed by atoms with Crippen LogP contribution in [0.1, 0.15) is 11.1 Å². The van der Waals surface area contributed by atoms with Crippen LogP contribution >= 0.6 is 0 Å². The molecule has 25 heavy (non-hydrogen) atoms. The number of carbonyl (C=O) groups is 1. The van der Waals surface area contributed by atoms with E-state index in [0.717, 1.165) is 11.1 Å². The molecule has 0 aliphatic rings. The van der Waals surface area contributed by atoms with E-state index in [1.165, 1.54) is 12.1 Å². The summed E-state index contributed by atoms with van der Waals surface area (Å²) >= 11 is 0. The van der Waals surface area contributed by atoms with Gasteiger partial charge in [0.05, 0.1) is 20.8 Å². The third-order valence-corrected chi connectivity index (χ3v) is 3.71. The number of ether oxygens (including phenoxy) is 2. The van der Waals surface area contributed by atoms with Gasteiger partial charge in [-0.1, -0.05) is 18.2 Å². The summed E-state index contributed by atoms with van der Waals surface area (Å²) in [7, 11) is 3.18. The zero-order valence-corrected chi connectivity index (χ0v) is 14.5. The Labute approximate surface area is 147 Å². The summed E-state index contributed by atoms with van der Waals surface area (Å²) < 4.78 is 23.3. The van der Waals surface area contributed by atoms with Crippen molar-refractivity contribution >= 4 is 5.91 Å². The molecular weight excluding hydrogens is 323 g/mol. The van der Waals surface area contributed by atoms with Gasteiger partial charge in [0.15, 0.2) is 11.5 Å². The van der Waals surface area contributed by atoms with Gasteiger partial charge < -0.3 is 20.1 Å². The summed E-state index contributed by atoms with van der Waals surface area (Å²) in [5.41, 5.74) is 1.98. The standard InChI is InChI=1S/C19H23FN2O3/c1-24-17-8-5-15(11-18(17)25-2)12-21-13-19(23)22-10-9-14-3-6-16(20)7-4-14/h3-8,11,21H,9-10,12-13H2,1-2H3,(H,22,23). The van der Waals surface area contributed by atoms with Crippen LogP contribution in [-0.2, 0) is 17.8 Å². The Morgan fingerprint density at radius 3 is 2.36 bits per heavy atom. The largest absolute Gasteiger partial charge is 0.493 e. The summed E-state index contributed by atoms with van der Waals surface area (Å²) in [4.78, 5) is 11.8. The third kappa shape index (κ3) is 6.08. The van der Waals surface area contributed by atoms with E-state index in [9.17, 15) is 9.18 Å².